The first-order valence-electron chi connectivity index (χ1n) is 7.43. The van der Waals surface area contributed by atoms with Crippen LogP contribution in [0.1, 0.15) is 49.9 Å². The molecular weight excluding hydrogens is 254 g/mol. The van der Waals surface area contributed by atoms with Crippen LogP contribution in [-0.2, 0) is 0 Å². The monoisotopic (exact) mass is 277 g/mol. The Hall–Kier alpha value is -1.55. The van der Waals surface area contributed by atoms with Gasteiger partial charge in [-0.1, -0.05) is 33.1 Å². The van der Waals surface area contributed by atoms with Crippen LogP contribution >= 0.6 is 0 Å². The number of unbranched alkanes of at least 4 members (excludes halogenated alkanes) is 2. The molecule has 1 N–H and O–H groups in total. The van der Waals surface area contributed by atoms with E-state index in [0.717, 1.165) is 32.2 Å². The molecule has 1 aliphatic heterocycles. The number of benzene rings is 1. The first-order chi connectivity index (χ1) is 9.76. The lowest BCUT2D eigenvalue weighted by Gasteiger charge is -2.16. The summed E-state index contributed by atoms with van der Waals surface area (Å²) in [6, 6.07) is 5.31. The largest absolute Gasteiger partial charge is 0.454 e. The van der Waals surface area contributed by atoms with Crippen molar-refractivity contribution >= 4 is 5.78 Å². The van der Waals surface area contributed by atoms with E-state index in [1.54, 1.807) is 6.07 Å². The minimum atomic E-state index is -0.105. The summed E-state index contributed by atoms with van der Waals surface area (Å²) in [5.41, 5.74) is 0.691. The molecule has 110 valence electrons. The number of Topliss-reactive ketones (excluding diaryl/α,β-unsaturated/α-hetero) is 1. The van der Waals surface area contributed by atoms with Gasteiger partial charge in [0.25, 0.3) is 0 Å². The Balaban J connectivity index is 2.06. The van der Waals surface area contributed by atoms with Gasteiger partial charge in [0.2, 0.25) is 6.79 Å². The van der Waals surface area contributed by atoms with E-state index in [9.17, 15) is 4.79 Å². The molecule has 0 radical (unpaired) electrons. The first-order valence-corrected chi connectivity index (χ1v) is 7.43. The van der Waals surface area contributed by atoms with Crippen LogP contribution in [0.3, 0.4) is 0 Å². The molecule has 1 heterocycles. The number of hydrogen-bond donors (Lipinski definition) is 1. The molecule has 0 aliphatic carbocycles. The highest BCUT2D eigenvalue weighted by Crippen LogP contribution is 2.32. The maximum atomic E-state index is 12.6. The number of ketones is 1. The minimum absolute atomic E-state index is 0.105. The van der Waals surface area contributed by atoms with E-state index in [1.807, 2.05) is 19.1 Å². The van der Waals surface area contributed by atoms with Gasteiger partial charge in [-0.3, -0.25) is 4.79 Å². The summed E-state index contributed by atoms with van der Waals surface area (Å²) in [6.07, 6.45) is 4.28. The molecule has 0 fully saturated rings. The molecule has 2 rings (SSSR count). The van der Waals surface area contributed by atoms with Gasteiger partial charge in [0.15, 0.2) is 17.3 Å². The van der Waals surface area contributed by atoms with Crippen LogP contribution < -0.4 is 14.8 Å². The molecule has 0 saturated heterocycles. The fraction of sp³-hybridized carbons (Fsp3) is 0.562. The molecule has 1 aromatic carbocycles. The second-order valence-corrected chi connectivity index (χ2v) is 5.04. The van der Waals surface area contributed by atoms with Crippen molar-refractivity contribution in [2.24, 2.45) is 0 Å². The Morgan fingerprint density at radius 1 is 1.25 bits per heavy atom. The summed E-state index contributed by atoms with van der Waals surface area (Å²) in [5, 5.41) is 3.29. The number of rotatable bonds is 8. The van der Waals surface area contributed by atoms with Crippen molar-refractivity contribution in [3.63, 3.8) is 0 Å². The van der Waals surface area contributed by atoms with Gasteiger partial charge in [-0.15, -0.1) is 0 Å². The number of fused-ring (bicyclic) bond motifs is 1. The number of nitrogens with one attached hydrogen (secondary N) is 1. The van der Waals surface area contributed by atoms with Gasteiger partial charge >= 0.3 is 0 Å². The van der Waals surface area contributed by atoms with Crippen molar-refractivity contribution in [2.75, 3.05) is 13.3 Å². The third-order valence-electron chi connectivity index (χ3n) is 3.52. The highest BCUT2D eigenvalue weighted by atomic mass is 16.7. The van der Waals surface area contributed by atoms with Crippen molar-refractivity contribution in [2.45, 2.75) is 45.6 Å². The molecule has 1 aliphatic rings. The molecule has 1 unspecified atom stereocenters. The van der Waals surface area contributed by atoms with Crippen LogP contribution in [0.2, 0.25) is 0 Å². The van der Waals surface area contributed by atoms with E-state index in [2.05, 4.69) is 12.2 Å². The van der Waals surface area contributed by atoms with E-state index in [-0.39, 0.29) is 18.6 Å². The van der Waals surface area contributed by atoms with Crippen molar-refractivity contribution in [3.05, 3.63) is 23.8 Å². The Labute approximate surface area is 120 Å². The number of ether oxygens (including phenoxy) is 2. The SMILES string of the molecule is CCCCCC(NCC)C(=O)c1ccc2c(c1)OCO2. The summed E-state index contributed by atoms with van der Waals surface area (Å²) in [6.45, 7) is 5.23. The van der Waals surface area contributed by atoms with Gasteiger partial charge in [-0.2, -0.15) is 0 Å². The molecule has 20 heavy (non-hydrogen) atoms. The predicted molar refractivity (Wildman–Crippen MR) is 78.5 cm³/mol. The van der Waals surface area contributed by atoms with Crippen molar-refractivity contribution < 1.29 is 14.3 Å². The average Bonchev–Trinajstić information content (AvgIpc) is 2.93. The normalized spacial score (nSPS) is 14.3. The number of likely N-dealkylation sites (N-methyl/N-ethyl adjacent to an activating group) is 1. The zero-order valence-electron chi connectivity index (χ0n) is 12.3. The number of carbonyl (C=O) groups is 1. The van der Waals surface area contributed by atoms with Crippen molar-refractivity contribution in [1.29, 1.82) is 0 Å². The first kappa shape index (κ1) is 14.9. The van der Waals surface area contributed by atoms with Gasteiger partial charge in [0.1, 0.15) is 0 Å². The standard InChI is InChI=1S/C16H23NO3/c1-3-5-6-7-13(17-4-2)16(18)12-8-9-14-15(10-12)20-11-19-14/h8-10,13,17H,3-7,11H2,1-2H3. The smallest absolute Gasteiger partial charge is 0.231 e. The molecule has 0 bridgehead atoms. The molecular formula is C16H23NO3. The average molecular weight is 277 g/mol. The maximum Gasteiger partial charge on any atom is 0.231 e. The highest BCUT2D eigenvalue weighted by Gasteiger charge is 2.21. The van der Waals surface area contributed by atoms with Crippen LogP contribution in [0.25, 0.3) is 0 Å². The van der Waals surface area contributed by atoms with Gasteiger partial charge < -0.3 is 14.8 Å². The summed E-state index contributed by atoms with van der Waals surface area (Å²) >= 11 is 0. The lowest BCUT2D eigenvalue weighted by molar-refractivity contribution is 0.0937. The Morgan fingerprint density at radius 2 is 2.05 bits per heavy atom. The minimum Gasteiger partial charge on any atom is -0.454 e. The molecule has 1 aromatic rings. The van der Waals surface area contributed by atoms with Crippen LogP contribution in [-0.4, -0.2) is 25.2 Å². The summed E-state index contributed by atoms with van der Waals surface area (Å²) < 4.78 is 10.6. The van der Waals surface area contributed by atoms with Gasteiger partial charge in [-0.25, -0.2) is 0 Å². The molecule has 0 saturated carbocycles. The topological polar surface area (TPSA) is 47.6 Å². The third-order valence-corrected chi connectivity index (χ3v) is 3.52. The van der Waals surface area contributed by atoms with Crippen LogP contribution in [0.4, 0.5) is 0 Å². The fourth-order valence-electron chi connectivity index (χ4n) is 2.42. The van der Waals surface area contributed by atoms with E-state index >= 15 is 0 Å². The maximum absolute atomic E-state index is 12.6. The van der Waals surface area contributed by atoms with Crippen molar-refractivity contribution in [1.82, 2.24) is 5.32 Å². The Bertz CT molecular complexity index is 459. The lowest BCUT2D eigenvalue weighted by Crippen LogP contribution is -2.36. The number of hydrogen-bond acceptors (Lipinski definition) is 4. The lowest BCUT2D eigenvalue weighted by atomic mass is 9.98. The highest BCUT2D eigenvalue weighted by molar-refractivity contribution is 6.00. The molecule has 1 atom stereocenters. The van der Waals surface area contributed by atoms with Gasteiger partial charge in [0, 0.05) is 5.56 Å². The predicted octanol–water partition coefficient (Wildman–Crippen LogP) is 3.16. The van der Waals surface area contributed by atoms with Gasteiger partial charge in [0.05, 0.1) is 6.04 Å². The zero-order chi connectivity index (χ0) is 14.4. The second-order valence-electron chi connectivity index (χ2n) is 5.04. The Morgan fingerprint density at radius 3 is 2.80 bits per heavy atom. The van der Waals surface area contributed by atoms with Crippen LogP contribution in [0, 0.1) is 0 Å². The fourth-order valence-corrected chi connectivity index (χ4v) is 2.42. The molecule has 4 nitrogen and oxygen atoms in total. The summed E-state index contributed by atoms with van der Waals surface area (Å²) in [4.78, 5) is 12.6. The summed E-state index contributed by atoms with van der Waals surface area (Å²) in [5.74, 6) is 1.52. The molecule has 0 amide bonds. The molecule has 0 aromatic heterocycles. The van der Waals surface area contributed by atoms with E-state index in [1.165, 1.54) is 0 Å². The van der Waals surface area contributed by atoms with E-state index in [4.69, 9.17) is 9.47 Å². The van der Waals surface area contributed by atoms with Crippen LogP contribution in [0.15, 0.2) is 18.2 Å². The van der Waals surface area contributed by atoms with E-state index < -0.39 is 0 Å². The van der Waals surface area contributed by atoms with Gasteiger partial charge in [-0.05, 0) is 31.2 Å². The zero-order valence-corrected chi connectivity index (χ0v) is 12.3. The number of carbonyl (C=O) groups excluding carboxylic acids is 1. The Kier molecular flexibility index (Phi) is 5.41. The molecule has 0 spiro atoms. The van der Waals surface area contributed by atoms with E-state index in [0.29, 0.717) is 17.1 Å². The van der Waals surface area contributed by atoms with Crippen molar-refractivity contribution in [3.8, 4) is 11.5 Å². The van der Waals surface area contributed by atoms with Crippen LogP contribution in [0.5, 0.6) is 11.5 Å². The quantitative estimate of drug-likeness (QED) is 0.585. The second kappa shape index (κ2) is 7.29. The third kappa shape index (κ3) is 3.51. The summed E-state index contributed by atoms with van der Waals surface area (Å²) in [7, 11) is 0. The molecule has 4 heteroatoms.